The van der Waals surface area contributed by atoms with Crippen molar-refractivity contribution in [2.45, 2.75) is 9.79 Å². The van der Waals surface area contributed by atoms with Gasteiger partial charge in [0.2, 0.25) is 6.71 Å². The third-order valence-electron chi connectivity index (χ3n) is 20.8. The van der Waals surface area contributed by atoms with Gasteiger partial charge in [0.15, 0.2) is 0 Å². The summed E-state index contributed by atoms with van der Waals surface area (Å²) >= 11 is 1.91. The van der Waals surface area contributed by atoms with Crippen LogP contribution in [0.3, 0.4) is 0 Å². The molecule has 20 rings (SSSR count). The summed E-state index contributed by atoms with van der Waals surface area (Å²) < 4.78 is 0. The van der Waals surface area contributed by atoms with Gasteiger partial charge in [-0.3, -0.25) is 0 Å². The number of rotatable bonds is 11. The summed E-state index contributed by atoms with van der Waals surface area (Å²) in [6, 6.07) is 138. The predicted molar refractivity (Wildman–Crippen MR) is 426 cm³/mol. The maximum atomic E-state index is 2.68. The Hall–Kier alpha value is -12.5. The van der Waals surface area contributed by atoms with Crippen molar-refractivity contribution >= 4 is 165 Å². The van der Waals surface area contributed by atoms with Crippen molar-refractivity contribution in [2.24, 2.45) is 0 Å². The molecule has 0 N–H and O–H groups in total. The van der Waals surface area contributed by atoms with Crippen LogP contribution in [0, 0.1) is 0 Å². The quantitative estimate of drug-likeness (QED) is 0.0941. The Kier molecular flexibility index (Phi) is 13.7. The van der Waals surface area contributed by atoms with Crippen LogP contribution in [0.15, 0.2) is 380 Å². The first kappa shape index (κ1) is 57.7. The molecule has 0 aliphatic carbocycles. The molecule has 0 radical (unpaired) electrons. The largest absolute Gasteiger partial charge is 0.311 e. The molecule has 4 heterocycles. The fourth-order valence-corrected chi connectivity index (χ4v) is 18.0. The zero-order chi connectivity index (χ0) is 65.8. The maximum absolute atomic E-state index is 2.68. The van der Waals surface area contributed by atoms with E-state index in [1.807, 2.05) is 11.8 Å². The first-order valence-corrected chi connectivity index (χ1v) is 35.3. The molecule has 466 valence electrons. The van der Waals surface area contributed by atoms with Crippen LogP contribution in [0.25, 0.3) is 43.8 Å². The molecule has 0 saturated heterocycles. The van der Waals surface area contributed by atoms with Crippen LogP contribution in [-0.2, 0) is 0 Å². The van der Waals surface area contributed by atoms with Crippen LogP contribution in [0.2, 0.25) is 0 Å². The molecule has 100 heavy (non-hydrogen) atoms. The Labute approximate surface area is 587 Å². The van der Waals surface area contributed by atoms with Gasteiger partial charge in [-0.05, 0) is 187 Å². The molecule has 5 nitrogen and oxygen atoms in total. The summed E-state index contributed by atoms with van der Waals surface area (Å²) in [5.41, 5.74) is 29.1. The lowest BCUT2D eigenvalue weighted by Gasteiger charge is -2.46. The van der Waals surface area contributed by atoms with Crippen molar-refractivity contribution in [3.05, 3.63) is 370 Å². The summed E-state index contributed by atoms with van der Waals surface area (Å²) in [7, 11) is 0. The number of fused-ring (bicyclic) bond motifs is 10. The molecule has 0 amide bonds. The third-order valence-corrected chi connectivity index (χ3v) is 21.9. The number of para-hydroxylation sites is 9. The minimum Gasteiger partial charge on any atom is -0.311 e. The van der Waals surface area contributed by atoms with Gasteiger partial charge < -0.3 is 24.5 Å². The van der Waals surface area contributed by atoms with Gasteiger partial charge in [-0.15, -0.1) is 0 Å². The van der Waals surface area contributed by atoms with Gasteiger partial charge in [0.1, 0.15) is 0 Å². The highest BCUT2D eigenvalue weighted by Gasteiger charge is 2.48. The Morgan fingerprint density at radius 3 is 1.09 bits per heavy atom. The van der Waals surface area contributed by atoms with Gasteiger partial charge in [-0.25, -0.2) is 0 Å². The Bertz CT molecular complexity index is 5730. The fourth-order valence-electron chi connectivity index (χ4n) is 16.8. The standard InChI is InChI=1S/C92H61B2N5S/c1-8-32-62(33-9-1)89-71-46-22-24-48-73(71)90(74-49-25-23-47-72(74)89)75-50-26-29-53-80(75)99-83-61-87-79(94-77-52-28-31-55-82(77)98(68-44-20-7-21-45-68)86-58-70(59-88(100-87)92(86)94)96(65-38-14-4-15-39-65)66-40-16-5-17-41-66)60-78(83)93-76-51-27-30-54-81(76)97(67-42-18-6-19-43-67)84-56-69(57-85(99)91(84)93)95(63-34-10-2-11-35-63)64-36-12-3-13-37-64/h1-61H. The van der Waals surface area contributed by atoms with Crippen LogP contribution < -0.4 is 57.3 Å². The van der Waals surface area contributed by atoms with E-state index < -0.39 is 0 Å². The molecule has 4 aliphatic heterocycles. The normalized spacial score (nSPS) is 12.9. The Morgan fingerprint density at radius 1 is 0.230 bits per heavy atom. The fraction of sp³-hybridized carbons (Fsp3) is 0. The molecule has 0 unspecified atom stereocenters. The zero-order valence-electron chi connectivity index (χ0n) is 54.5. The number of anilines is 15. The molecule has 8 heteroatoms. The molecule has 4 aliphatic rings. The summed E-state index contributed by atoms with van der Waals surface area (Å²) in [6.07, 6.45) is 0. The van der Waals surface area contributed by atoms with Crippen LogP contribution >= 0.6 is 11.8 Å². The van der Waals surface area contributed by atoms with E-state index in [0.29, 0.717) is 0 Å². The highest BCUT2D eigenvalue weighted by atomic mass is 32.2. The van der Waals surface area contributed by atoms with Crippen LogP contribution in [0.5, 0.6) is 0 Å². The highest BCUT2D eigenvalue weighted by Crippen LogP contribution is 2.54. The van der Waals surface area contributed by atoms with Crippen molar-refractivity contribution in [3.8, 4) is 22.3 Å². The number of nitrogens with zero attached hydrogens (tertiary/aromatic N) is 5. The van der Waals surface area contributed by atoms with E-state index in [-0.39, 0.29) is 13.4 Å². The smallest absolute Gasteiger partial charge is 0.252 e. The molecule has 16 aromatic carbocycles. The Morgan fingerprint density at radius 2 is 0.600 bits per heavy atom. The molecular weight excluding hydrogens is 1230 g/mol. The van der Waals surface area contributed by atoms with Crippen LogP contribution in [0.1, 0.15) is 0 Å². The van der Waals surface area contributed by atoms with Crippen LogP contribution in [0.4, 0.5) is 85.3 Å². The van der Waals surface area contributed by atoms with E-state index in [4.69, 9.17) is 0 Å². The molecular formula is C92H61B2N5S. The van der Waals surface area contributed by atoms with Gasteiger partial charge in [-0.2, -0.15) is 0 Å². The van der Waals surface area contributed by atoms with Crippen molar-refractivity contribution < 1.29 is 0 Å². The number of hydrogen-bond acceptors (Lipinski definition) is 6. The van der Waals surface area contributed by atoms with Gasteiger partial charge >= 0.3 is 0 Å². The average molecular weight is 1290 g/mol. The number of benzene rings is 16. The molecule has 0 aromatic heterocycles. The molecule has 0 saturated carbocycles. The first-order chi connectivity index (χ1) is 49.7. The SMILES string of the molecule is c1ccc(-c2c3ccccc3c(-c3ccccc3N3c4cc5c(cc4B4c6ccccc6N(c6ccccc6)c6cc(N(c7ccccc7)c7ccccc7)cc3c64)B3c4ccccc4N(c4ccccc4)c4cc(N(c6ccccc6)c6ccccc6)cc(c43)S5)c3ccccc23)cc1. The minimum absolute atomic E-state index is 0.117. The zero-order valence-corrected chi connectivity index (χ0v) is 55.3. The topological polar surface area (TPSA) is 16.2 Å². The van der Waals surface area contributed by atoms with Gasteiger partial charge in [-0.1, -0.05) is 266 Å². The molecule has 0 bridgehead atoms. The molecule has 0 fully saturated rings. The number of hydrogen-bond donors (Lipinski definition) is 0. The molecule has 0 spiro atoms. The van der Waals surface area contributed by atoms with E-state index in [1.54, 1.807) is 0 Å². The summed E-state index contributed by atoms with van der Waals surface area (Å²) in [6.45, 7) is -0.306. The van der Waals surface area contributed by atoms with Gasteiger partial charge in [0.05, 0.1) is 11.4 Å². The van der Waals surface area contributed by atoms with Crippen molar-refractivity contribution in [1.82, 2.24) is 0 Å². The van der Waals surface area contributed by atoms with Crippen molar-refractivity contribution in [2.75, 3.05) is 24.5 Å². The van der Waals surface area contributed by atoms with E-state index in [9.17, 15) is 0 Å². The van der Waals surface area contributed by atoms with E-state index in [1.165, 1.54) is 92.2 Å². The lowest BCUT2D eigenvalue weighted by molar-refractivity contribution is 1.22. The average Bonchev–Trinajstić information content (AvgIpc) is 0.689. The predicted octanol–water partition coefficient (Wildman–Crippen LogP) is 21.1. The second-order valence-electron chi connectivity index (χ2n) is 26.2. The second-order valence-corrected chi connectivity index (χ2v) is 27.3. The second kappa shape index (κ2) is 23.7. The molecule has 0 atom stereocenters. The minimum atomic E-state index is -0.189. The highest BCUT2D eigenvalue weighted by molar-refractivity contribution is 8.00. The summed E-state index contributed by atoms with van der Waals surface area (Å²) in [5, 5.41) is 4.83. The maximum Gasteiger partial charge on any atom is 0.252 e. The van der Waals surface area contributed by atoms with Gasteiger partial charge in [0.25, 0.3) is 6.71 Å². The lowest BCUT2D eigenvalue weighted by Crippen LogP contribution is -2.64. The third kappa shape index (κ3) is 9.14. The Balaban J connectivity index is 0.909. The monoisotopic (exact) mass is 1290 g/mol. The van der Waals surface area contributed by atoms with Crippen LogP contribution in [-0.4, -0.2) is 13.4 Å². The van der Waals surface area contributed by atoms with E-state index >= 15 is 0 Å². The lowest BCUT2D eigenvalue weighted by atomic mass is 9.31. The van der Waals surface area contributed by atoms with Gasteiger partial charge in [0, 0.05) is 89.3 Å². The summed E-state index contributed by atoms with van der Waals surface area (Å²) in [4.78, 5) is 15.1. The van der Waals surface area contributed by atoms with E-state index in [2.05, 4.69) is 395 Å². The molecule has 16 aromatic rings. The summed E-state index contributed by atoms with van der Waals surface area (Å²) in [5.74, 6) is 0. The van der Waals surface area contributed by atoms with E-state index in [0.717, 1.165) is 79.5 Å². The van der Waals surface area contributed by atoms with Crippen molar-refractivity contribution in [1.29, 1.82) is 0 Å². The first-order valence-electron chi connectivity index (χ1n) is 34.5. The van der Waals surface area contributed by atoms with Crippen molar-refractivity contribution in [3.63, 3.8) is 0 Å².